The van der Waals surface area contributed by atoms with E-state index in [9.17, 15) is 4.79 Å². The Kier molecular flexibility index (Phi) is 5.21. The third-order valence-electron chi connectivity index (χ3n) is 3.37. The molecular weight excluding hydrogens is 246 g/mol. The number of carbonyl (C=O) groups excluding carboxylic acids is 1. The fraction of sp³-hybridized carbons (Fsp3) is 0.533. The summed E-state index contributed by atoms with van der Waals surface area (Å²) in [6.07, 6.45) is 0.780. The lowest BCUT2D eigenvalue weighted by molar-refractivity contribution is -0.124. The van der Waals surface area contributed by atoms with Crippen molar-refractivity contribution in [2.45, 2.75) is 50.9 Å². The van der Waals surface area contributed by atoms with Gasteiger partial charge >= 0.3 is 0 Å². The summed E-state index contributed by atoms with van der Waals surface area (Å²) >= 11 is 6.09. The van der Waals surface area contributed by atoms with E-state index in [4.69, 9.17) is 11.6 Å². The van der Waals surface area contributed by atoms with Gasteiger partial charge in [0.15, 0.2) is 0 Å². The molecule has 0 spiro atoms. The van der Waals surface area contributed by atoms with Gasteiger partial charge in [0.2, 0.25) is 5.91 Å². The van der Waals surface area contributed by atoms with Crippen LogP contribution in [0.1, 0.15) is 45.6 Å². The second-order valence-corrected chi connectivity index (χ2v) is 5.85. The summed E-state index contributed by atoms with van der Waals surface area (Å²) in [5.74, 6) is -0.0675. The summed E-state index contributed by atoms with van der Waals surface area (Å²) in [6.45, 7) is 7.81. The van der Waals surface area contributed by atoms with Gasteiger partial charge in [-0.25, -0.2) is 0 Å². The molecule has 0 bridgehead atoms. The Morgan fingerprint density at radius 3 is 2.33 bits per heavy atom. The first kappa shape index (κ1) is 15.0. The van der Waals surface area contributed by atoms with E-state index in [1.165, 1.54) is 0 Å². The molecular formula is C15H22ClNO. The van der Waals surface area contributed by atoms with Gasteiger partial charge in [-0.2, -0.15) is 0 Å². The number of carbonyl (C=O) groups is 1. The number of nitrogens with one attached hydrogen (secondary N) is 1. The van der Waals surface area contributed by atoms with Crippen LogP contribution in [0.15, 0.2) is 30.3 Å². The fourth-order valence-electron chi connectivity index (χ4n) is 1.76. The molecule has 0 saturated carbocycles. The van der Waals surface area contributed by atoms with Gasteiger partial charge in [-0.3, -0.25) is 4.79 Å². The van der Waals surface area contributed by atoms with Gasteiger partial charge < -0.3 is 5.32 Å². The Hall–Kier alpha value is -1.02. The fourth-order valence-corrected chi connectivity index (χ4v) is 1.82. The molecule has 2 atom stereocenters. The highest BCUT2D eigenvalue weighted by Crippen LogP contribution is 2.22. The Labute approximate surface area is 115 Å². The van der Waals surface area contributed by atoms with E-state index in [0.717, 1.165) is 12.0 Å². The van der Waals surface area contributed by atoms with Crippen molar-refractivity contribution < 1.29 is 4.79 Å². The van der Waals surface area contributed by atoms with Crippen molar-refractivity contribution >= 4 is 17.5 Å². The highest BCUT2D eigenvalue weighted by atomic mass is 35.5. The Bertz CT molecular complexity index is 387. The molecule has 1 aromatic rings. The van der Waals surface area contributed by atoms with Crippen LogP contribution in [0.3, 0.4) is 0 Å². The molecule has 0 aliphatic heterocycles. The lowest BCUT2D eigenvalue weighted by Crippen LogP contribution is -2.50. The highest BCUT2D eigenvalue weighted by Gasteiger charge is 2.29. The van der Waals surface area contributed by atoms with Crippen LogP contribution in [-0.2, 0) is 4.79 Å². The molecule has 0 heterocycles. The van der Waals surface area contributed by atoms with Crippen molar-refractivity contribution in [3.8, 4) is 0 Å². The summed E-state index contributed by atoms with van der Waals surface area (Å²) in [5.41, 5.74) is 0.649. The third-order valence-corrected chi connectivity index (χ3v) is 3.91. The molecule has 0 aromatic heterocycles. The molecule has 100 valence electrons. The summed E-state index contributed by atoms with van der Waals surface area (Å²) in [6, 6.07) is 9.86. The van der Waals surface area contributed by atoms with E-state index in [2.05, 4.69) is 5.32 Å². The lowest BCUT2D eigenvalue weighted by Gasteiger charge is -2.31. The molecule has 18 heavy (non-hydrogen) atoms. The van der Waals surface area contributed by atoms with Gasteiger partial charge in [0, 0.05) is 0 Å². The summed E-state index contributed by atoms with van der Waals surface area (Å²) in [4.78, 5) is 12.3. The van der Waals surface area contributed by atoms with Gasteiger partial charge in [0.1, 0.15) is 0 Å². The molecule has 2 unspecified atom stereocenters. The molecule has 3 heteroatoms. The molecule has 1 amide bonds. The molecule has 0 fully saturated rings. The van der Waals surface area contributed by atoms with Crippen molar-refractivity contribution in [1.82, 2.24) is 5.32 Å². The predicted molar refractivity (Wildman–Crippen MR) is 77.0 cm³/mol. The number of alkyl halides is 1. The van der Waals surface area contributed by atoms with E-state index in [-0.39, 0.29) is 17.2 Å². The molecule has 0 aliphatic carbocycles. The largest absolute Gasteiger partial charge is 0.349 e. The smallest absolute Gasteiger partial charge is 0.227 e. The van der Waals surface area contributed by atoms with E-state index < -0.39 is 5.54 Å². The predicted octanol–water partition coefficient (Wildman–Crippen LogP) is 3.70. The van der Waals surface area contributed by atoms with Gasteiger partial charge in [0.25, 0.3) is 0 Å². The quantitative estimate of drug-likeness (QED) is 0.810. The normalized spacial score (nSPS) is 14.9. The third kappa shape index (κ3) is 3.74. The van der Waals surface area contributed by atoms with E-state index >= 15 is 0 Å². The zero-order valence-electron chi connectivity index (χ0n) is 11.5. The topological polar surface area (TPSA) is 29.1 Å². The minimum Gasteiger partial charge on any atom is -0.349 e. The first-order chi connectivity index (χ1) is 8.38. The Balaban J connectivity index is 2.82. The second-order valence-electron chi connectivity index (χ2n) is 5.20. The van der Waals surface area contributed by atoms with Gasteiger partial charge in [-0.15, -0.1) is 11.6 Å². The molecule has 1 rings (SSSR count). The Morgan fingerprint density at radius 1 is 1.33 bits per heavy atom. The zero-order chi connectivity index (χ0) is 13.8. The van der Waals surface area contributed by atoms with Crippen molar-refractivity contribution in [3.63, 3.8) is 0 Å². The molecule has 0 aliphatic rings. The lowest BCUT2D eigenvalue weighted by atomic mass is 9.93. The minimum atomic E-state index is -0.402. The van der Waals surface area contributed by atoms with E-state index in [0.29, 0.717) is 0 Å². The van der Waals surface area contributed by atoms with Crippen molar-refractivity contribution in [1.29, 1.82) is 0 Å². The monoisotopic (exact) mass is 267 g/mol. The van der Waals surface area contributed by atoms with Crippen molar-refractivity contribution in [3.05, 3.63) is 35.9 Å². The van der Waals surface area contributed by atoms with Crippen LogP contribution < -0.4 is 5.32 Å². The van der Waals surface area contributed by atoms with Crippen molar-refractivity contribution in [2.75, 3.05) is 0 Å². The van der Waals surface area contributed by atoms with Gasteiger partial charge in [-0.1, -0.05) is 37.3 Å². The first-order valence-corrected chi connectivity index (χ1v) is 6.83. The number of halogens is 1. The maximum absolute atomic E-state index is 12.3. The summed E-state index contributed by atoms with van der Waals surface area (Å²) < 4.78 is 0. The zero-order valence-corrected chi connectivity index (χ0v) is 12.3. The van der Waals surface area contributed by atoms with Crippen LogP contribution in [-0.4, -0.2) is 16.8 Å². The van der Waals surface area contributed by atoms with Crippen LogP contribution in [0.2, 0.25) is 0 Å². The molecule has 2 nitrogen and oxygen atoms in total. The number of amides is 1. The maximum atomic E-state index is 12.3. The molecule has 1 N–H and O–H groups in total. The molecule has 0 radical (unpaired) electrons. The average molecular weight is 268 g/mol. The van der Waals surface area contributed by atoms with Crippen LogP contribution in [0, 0.1) is 0 Å². The highest BCUT2D eigenvalue weighted by molar-refractivity contribution is 6.21. The van der Waals surface area contributed by atoms with Gasteiger partial charge in [0.05, 0.1) is 16.8 Å². The van der Waals surface area contributed by atoms with Crippen LogP contribution in [0.5, 0.6) is 0 Å². The average Bonchev–Trinajstić information content (AvgIpc) is 2.30. The summed E-state index contributed by atoms with van der Waals surface area (Å²) in [5, 5.41) is 2.92. The maximum Gasteiger partial charge on any atom is 0.227 e. The number of hydrogen-bond donors (Lipinski definition) is 1. The van der Waals surface area contributed by atoms with Crippen LogP contribution in [0.25, 0.3) is 0 Å². The standard InChI is InChI=1S/C15H22ClNO/c1-5-13(12-9-7-6-8-10-12)14(18)17-15(3,4)11(2)16/h6-11,13H,5H2,1-4H3,(H,17,18). The van der Waals surface area contributed by atoms with E-state index in [1.807, 2.05) is 58.0 Å². The molecule has 1 aromatic carbocycles. The summed E-state index contributed by atoms with van der Waals surface area (Å²) in [7, 11) is 0. The number of benzene rings is 1. The Morgan fingerprint density at radius 2 is 1.89 bits per heavy atom. The number of hydrogen-bond acceptors (Lipinski definition) is 1. The number of rotatable bonds is 5. The van der Waals surface area contributed by atoms with Crippen LogP contribution >= 0.6 is 11.6 Å². The van der Waals surface area contributed by atoms with Gasteiger partial charge in [-0.05, 0) is 32.8 Å². The van der Waals surface area contributed by atoms with E-state index in [1.54, 1.807) is 0 Å². The first-order valence-electron chi connectivity index (χ1n) is 6.39. The van der Waals surface area contributed by atoms with Crippen LogP contribution in [0.4, 0.5) is 0 Å². The second kappa shape index (κ2) is 6.24. The SMILES string of the molecule is CCC(C(=O)NC(C)(C)C(C)Cl)c1ccccc1. The minimum absolute atomic E-state index is 0.0428. The molecule has 0 saturated heterocycles. The van der Waals surface area contributed by atoms with Crippen molar-refractivity contribution in [2.24, 2.45) is 0 Å².